The molecule has 0 saturated heterocycles. The highest BCUT2D eigenvalue weighted by Crippen LogP contribution is 2.16. The molecule has 0 fully saturated rings. The van der Waals surface area contributed by atoms with Crippen molar-refractivity contribution < 1.29 is 27.2 Å². The Morgan fingerprint density at radius 3 is 2.36 bits per heavy atom. The number of sulfonamides is 1. The van der Waals surface area contributed by atoms with Gasteiger partial charge in [0.1, 0.15) is 17.8 Å². The Kier molecular flexibility index (Phi) is 7.62. The number of nitrogens with zero attached hydrogens (tertiary/aromatic N) is 1. The molecule has 2 aromatic carbocycles. The molecule has 0 unspecified atom stereocenters. The Labute approximate surface area is 191 Å². The van der Waals surface area contributed by atoms with E-state index in [0.29, 0.717) is 24.1 Å². The van der Waals surface area contributed by atoms with Gasteiger partial charge in [-0.2, -0.15) is 4.31 Å². The van der Waals surface area contributed by atoms with Crippen molar-refractivity contribution in [2.45, 2.75) is 18.7 Å². The molecule has 1 N–H and O–H groups in total. The number of fused-ring (bicyclic) bond motifs is 1. The molecule has 0 aliphatic rings. The van der Waals surface area contributed by atoms with E-state index in [1.165, 1.54) is 34.6 Å². The van der Waals surface area contributed by atoms with E-state index in [1.54, 1.807) is 38.1 Å². The second-order valence-corrected chi connectivity index (χ2v) is 8.93. The molecule has 10 heteroatoms. The lowest BCUT2D eigenvalue weighted by molar-refractivity contribution is 0.0498. The highest BCUT2D eigenvalue weighted by atomic mass is 32.2. The van der Waals surface area contributed by atoms with E-state index in [9.17, 15) is 22.8 Å². The highest BCUT2D eigenvalue weighted by Gasteiger charge is 2.21. The molecule has 3 rings (SSSR count). The molecule has 0 saturated carbocycles. The minimum Gasteiger partial charge on any atom is -0.460 e. The molecule has 0 atom stereocenters. The van der Waals surface area contributed by atoms with Crippen molar-refractivity contribution in [2.24, 2.45) is 0 Å². The van der Waals surface area contributed by atoms with E-state index >= 15 is 0 Å². The molecule has 0 spiro atoms. The molecule has 174 valence electrons. The fourth-order valence-corrected chi connectivity index (χ4v) is 4.64. The van der Waals surface area contributed by atoms with Crippen LogP contribution in [0.5, 0.6) is 0 Å². The molecular formula is C23H24N2O7S. The average molecular weight is 473 g/mol. The van der Waals surface area contributed by atoms with Gasteiger partial charge >= 0.3 is 11.6 Å². The third kappa shape index (κ3) is 5.47. The largest absolute Gasteiger partial charge is 0.460 e. The van der Waals surface area contributed by atoms with Crippen LogP contribution >= 0.6 is 0 Å². The summed E-state index contributed by atoms with van der Waals surface area (Å²) in [6, 6.07) is 13.8. The number of rotatable bonds is 9. The van der Waals surface area contributed by atoms with Crippen LogP contribution in [0, 0.1) is 0 Å². The Morgan fingerprint density at radius 2 is 1.70 bits per heavy atom. The number of benzene rings is 2. The van der Waals surface area contributed by atoms with Crippen molar-refractivity contribution in [1.29, 1.82) is 0 Å². The molecule has 3 aromatic rings. The SMILES string of the molecule is CCN(CC)S(=O)(=O)c1ccc(C(=O)NCCOC(=O)c2cc3ccccc3oc2=O)cc1. The van der Waals surface area contributed by atoms with Crippen molar-refractivity contribution in [1.82, 2.24) is 9.62 Å². The summed E-state index contributed by atoms with van der Waals surface area (Å²) in [5.41, 5.74) is -0.412. The normalized spacial score (nSPS) is 11.5. The van der Waals surface area contributed by atoms with Crippen molar-refractivity contribution in [3.63, 3.8) is 0 Å². The second-order valence-electron chi connectivity index (χ2n) is 6.99. The predicted octanol–water partition coefficient (Wildman–Crippen LogP) is 2.41. The summed E-state index contributed by atoms with van der Waals surface area (Å²) < 4.78 is 36.5. The average Bonchev–Trinajstić information content (AvgIpc) is 2.81. The lowest BCUT2D eigenvalue weighted by Crippen LogP contribution is -2.31. The Morgan fingerprint density at radius 1 is 1.03 bits per heavy atom. The lowest BCUT2D eigenvalue weighted by Gasteiger charge is -2.18. The maximum absolute atomic E-state index is 12.5. The zero-order valence-corrected chi connectivity index (χ0v) is 19.1. The number of carbonyl (C=O) groups is 2. The Balaban J connectivity index is 1.55. The first-order valence-corrected chi connectivity index (χ1v) is 11.8. The van der Waals surface area contributed by atoms with Crippen LogP contribution in [-0.4, -0.2) is 50.8 Å². The van der Waals surface area contributed by atoms with E-state index < -0.39 is 27.5 Å². The van der Waals surface area contributed by atoms with Crippen LogP contribution in [0.2, 0.25) is 0 Å². The number of hydrogen-bond donors (Lipinski definition) is 1. The molecule has 0 aliphatic carbocycles. The van der Waals surface area contributed by atoms with Crippen LogP contribution < -0.4 is 10.9 Å². The molecule has 1 amide bonds. The zero-order valence-electron chi connectivity index (χ0n) is 18.2. The van der Waals surface area contributed by atoms with E-state index in [0.717, 1.165) is 0 Å². The maximum Gasteiger partial charge on any atom is 0.351 e. The number of nitrogens with one attached hydrogen (secondary N) is 1. The molecule has 0 radical (unpaired) electrons. The number of para-hydroxylation sites is 1. The molecule has 1 heterocycles. The number of esters is 1. The first kappa shape index (κ1) is 24.1. The number of amides is 1. The quantitative estimate of drug-likeness (QED) is 0.288. The number of ether oxygens (including phenoxy) is 1. The number of hydrogen-bond acceptors (Lipinski definition) is 7. The molecule has 33 heavy (non-hydrogen) atoms. The first-order valence-electron chi connectivity index (χ1n) is 10.4. The second kappa shape index (κ2) is 10.4. The van der Waals surface area contributed by atoms with Gasteiger partial charge in [-0.1, -0.05) is 32.0 Å². The van der Waals surface area contributed by atoms with Gasteiger partial charge in [0.2, 0.25) is 10.0 Å². The minimum absolute atomic E-state index is 0.00296. The molecule has 9 nitrogen and oxygen atoms in total. The Hall–Kier alpha value is -3.50. The van der Waals surface area contributed by atoms with Gasteiger partial charge < -0.3 is 14.5 Å². The van der Waals surface area contributed by atoms with E-state index in [1.807, 2.05) is 0 Å². The van der Waals surface area contributed by atoms with Gasteiger partial charge in [0.25, 0.3) is 5.91 Å². The van der Waals surface area contributed by atoms with E-state index in [4.69, 9.17) is 9.15 Å². The third-order valence-electron chi connectivity index (χ3n) is 4.94. The summed E-state index contributed by atoms with van der Waals surface area (Å²) in [5.74, 6) is -1.31. The fraction of sp³-hybridized carbons (Fsp3) is 0.261. The first-order chi connectivity index (χ1) is 15.8. The molecule has 0 aliphatic heterocycles. The van der Waals surface area contributed by atoms with Gasteiger partial charge in [-0.05, 0) is 36.4 Å². The van der Waals surface area contributed by atoms with Crippen LogP contribution in [0.25, 0.3) is 11.0 Å². The number of carbonyl (C=O) groups excluding carboxylic acids is 2. The summed E-state index contributed by atoms with van der Waals surface area (Å²) in [5, 5.41) is 3.16. The molecular weight excluding hydrogens is 448 g/mol. The van der Waals surface area contributed by atoms with Gasteiger partial charge in [0.05, 0.1) is 11.4 Å². The summed E-state index contributed by atoms with van der Waals surface area (Å²) in [6.07, 6.45) is 0. The summed E-state index contributed by atoms with van der Waals surface area (Å²) in [6.45, 7) is 4.04. The van der Waals surface area contributed by atoms with Crippen LogP contribution in [0.15, 0.2) is 68.7 Å². The zero-order chi connectivity index (χ0) is 24.0. The highest BCUT2D eigenvalue weighted by molar-refractivity contribution is 7.89. The monoisotopic (exact) mass is 472 g/mol. The van der Waals surface area contributed by atoms with Gasteiger partial charge in [0.15, 0.2) is 0 Å². The summed E-state index contributed by atoms with van der Waals surface area (Å²) >= 11 is 0. The lowest BCUT2D eigenvalue weighted by atomic mass is 10.2. The van der Waals surface area contributed by atoms with Crippen LogP contribution in [0.1, 0.15) is 34.6 Å². The minimum atomic E-state index is -3.61. The van der Waals surface area contributed by atoms with E-state index in [-0.39, 0.29) is 29.2 Å². The van der Waals surface area contributed by atoms with Crippen LogP contribution in [0.3, 0.4) is 0 Å². The van der Waals surface area contributed by atoms with Crippen molar-refractivity contribution in [2.75, 3.05) is 26.2 Å². The maximum atomic E-state index is 12.5. The smallest absolute Gasteiger partial charge is 0.351 e. The molecule has 0 bridgehead atoms. The van der Waals surface area contributed by atoms with Gasteiger partial charge in [-0.15, -0.1) is 0 Å². The third-order valence-corrected chi connectivity index (χ3v) is 7.01. The van der Waals surface area contributed by atoms with Crippen molar-refractivity contribution >= 4 is 32.9 Å². The van der Waals surface area contributed by atoms with Crippen LogP contribution in [0.4, 0.5) is 0 Å². The topological polar surface area (TPSA) is 123 Å². The summed E-state index contributed by atoms with van der Waals surface area (Å²) in [7, 11) is -3.61. The van der Waals surface area contributed by atoms with Gasteiger partial charge in [-0.3, -0.25) is 4.79 Å². The van der Waals surface area contributed by atoms with Crippen LogP contribution in [-0.2, 0) is 14.8 Å². The molecule has 1 aromatic heterocycles. The standard InChI is InChI=1S/C23H24N2O7S/c1-3-25(4-2)33(29,30)18-11-9-16(10-12-18)21(26)24-13-14-31-22(27)19-15-17-7-5-6-8-20(17)32-23(19)28/h5-12,15H,3-4,13-14H2,1-2H3,(H,24,26). The fourth-order valence-electron chi connectivity index (χ4n) is 3.18. The van der Waals surface area contributed by atoms with Gasteiger partial charge in [0, 0.05) is 24.0 Å². The van der Waals surface area contributed by atoms with Crippen molar-refractivity contribution in [3.8, 4) is 0 Å². The van der Waals surface area contributed by atoms with Gasteiger partial charge in [-0.25, -0.2) is 18.0 Å². The van der Waals surface area contributed by atoms with Crippen molar-refractivity contribution in [3.05, 3.63) is 76.1 Å². The van der Waals surface area contributed by atoms with E-state index in [2.05, 4.69) is 5.32 Å². The Bertz CT molecular complexity index is 1310. The summed E-state index contributed by atoms with van der Waals surface area (Å²) in [4.78, 5) is 36.6. The predicted molar refractivity (Wildman–Crippen MR) is 122 cm³/mol.